The molecule has 0 aromatic heterocycles. The Morgan fingerprint density at radius 1 is 0.968 bits per heavy atom. The monoisotopic (exact) mass is 440 g/mol. The first kappa shape index (κ1) is 26.6. The lowest BCUT2D eigenvalue weighted by Crippen LogP contribution is -2.36. The Morgan fingerprint density at radius 3 is 2.45 bits per heavy atom. The van der Waals surface area contributed by atoms with Gasteiger partial charge in [-0.3, -0.25) is 4.79 Å². The topological polar surface area (TPSA) is 65.0 Å². The molecule has 1 saturated carbocycles. The highest BCUT2D eigenvalue weighted by Gasteiger charge is 2.51. The zero-order valence-electron chi connectivity index (χ0n) is 20.2. The predicted molar refractivity (Wildman–Crippen MR) is 124 cm³/mol. The Hall–Kier alpha value is -0.650. The van der Waals surface area contributed by atoms with Gasteiger partial charge in [0.25, 0.3) is 0 Å². The lowest BCUT2D eigenvalue weighted by molar-refractivity contribution is -0.188. The van der Waals surface area contributed by atoms with Crippen LogP contribution < -0.4 is 0 Å². The first-order valence-electron chi connectivity index (χ1n) is 13.2. The van der Waals surface area contributed by atoms with Crippen LogP contribution in [-0.4, -0.2) is 42.8 Å². The van der Waals surface area contributed by atoms with E-state index >= 15 is 0 Å². The highest BCUT2D eigenvalue weighted by atomic mass is 16.7. The molecule has 1 aliphatic carbocycles. The Balaban J connectivity index is 1.68. The zero-order chi connectivity index (χ0) is 22.4. The van der Waals surface area contributed by atoms with Gasteiger partial charge >= 0.3 is 5.97 Å². The van der Waals surface area contributed by atoms with Gasteiger partial charge in [-0.25, -0.2) is 0 Å². The van der Waals surface area contributed by atoms with Gasteiger partial charge in [-0.05, 0) is 50.9 Å². The normalized spacial score (nSPS) is 23.5. The molecule has 31 heavy (non-hydrogen) atoms. The molecule has 2 fully saturated rings. The van der Waals surface area contributed by atoms with Crippen LogP contribution in [0.3, 0.4) is 0 Å². The van der Waals surface area contributed by atoms with Crippen LogP contribution in [0.4, 0.5) is 0 Å². The zero-order valence-corrected chi connectivity index (χ0v) is 20.2. The second-order valence-corrected chi connectivity index (χ2v) is 9.67. The third kappa shape index (κ3) is 9.39. The van der Waals surface area contributed by atoms with E-state index in [0.717, 1.165) is 83.5 Å². The molecule has 2 aliphatic rings. The Morgan fingerprint density at radius 2 is 1.71 bits per heavy atom. The molecule has 0 bridgehead atoms. The molecule has 1 heterocycles. The summed E-state index contributed by atoms with van der Waals surface area (Å²) in [5.41, 5.74) is 0. The molecule has 5 heteroatoms. The lowest BCUT2D eigenvalue weighted by Gasteiger charge is -2.32. The highest BCUT2D eigenvalue weighted by molar-refractivity contribution is 5.69. The maximum atomic E-state index is 11.7. The number of hydrogen-bond acceptors (Lipinski definition) is 5. The fourth-order valence-corrected chi connectivity index (χ4v) is 5.33. The lowest BCUT2D eigenvalue weighted by atomic mass is 9.84. The molecule has 0 aromatic rings. The molecule has 2 rings (SSSR count). The van der Waals surface area contributed by atoms with Crippen molar-refractivity contribution in [3.8, 4) is 0 Å². The Labute approximate surface area is 190 Å². The number of ether oxygens (including phenoxy) is 3. The van der Waals surface area contributed by atoms with Gasteiger partial charge in [-0.1, -0.05) is 58.8 Å². The van der Waals surface area contributed by atoms with Crippen LogP contribution >= 0.6 is 0 Å². The molecule has 1 aliphatic heterocycles. The van der Waals surface area contributed by atoms with Crippen molar-refractivity contribution in [1.29, 1.82) is 0 Å². The quantitative estimate of drug-likeness (QED) is 0.217. The first-order valence-corrected chi connectivity index (χ1v) is 13.2. The molecule has 1 saturated heterocycles. The van der Waals surface area contributed by atoms with Crippen LogP contribution in [0.15, 0.2) is 0 Å². The summed E-state index contributed by atoms with van der Waals surface area (Å²) < 4.78 is 17.5. The maximum Gasteiger partial charge on any atom is 0.305 e. The van der Waals surface area contributed by atoms with Crippen LogP contribution in [-0.2, 0) is 19.0 Å². The van der Waals surface area contributed by atoms with Gasteiger partial charge in [0, 0.05) is 18.8 Å². The number of rotatable bonds is 17. The van der Waals surface area contributed by atoms with E-state index in [4.69, 9.17) is 14.2 Å². The molecule has 0 radical (unpaired) electrons. The molecule has 0 unspecified atom stereocenters. The van der Waals surface area contributed by atoms with Crippen molar-refractivity contribution in [2.75, 3.05) is 19.8 Å². The van der Waals surface area contributed by atoms with Gasteiger partial charge in [0.05, 0.1) is 25.9 Å². The van der Waals surface area contributed by atoms with Gasteiger partial charge in [0.1, 0.15) is 0 Å². The van der Waals surface area contributed by atoms with Crippen molar-refractivity contribution >= 4 is 5.97 Å². The van der Waals surface area contributed by atoms with E-state index in [-0.39, 0.29) is 17.9 Å². The van der Waals surface area contributed by atoms with Gasteiger partial charge < -0.3 is 19.3 Å². The van der Waals surface area contributed by atoms with Crippen molar-refractivity contribution < 1.29 is 24.1 Å². The molecule has 5 nitrogen and oxygen atoms in total. The number of unbranched alkanes of at least 4 members (excludes halogenated alkanes) is 6. The Bertz CT molecular complexity index is 474. The average molecular weight is 441 g/mol. The number of aliphatic hydroxyl groups excluding tert-OH is 1. The molecule has 3 atom stereocenters. The maximum absolute atomic E-state index is 11.7. The van der Waals surface area contributed by atoms with Crippen molar-refractivity contribution in [3.63, 3.8) is 0 Å². The Kier molecular flexibility index (Phi) is 13.1. The van der Waals surface area contributed by atoms with E-state index in [1.54, 1.807) is 0 Å². The molecule has 0 amide bonds. The second-order valence-electron chi connectivity index (χ2n) is 9.67. The third-order valence-corrected chi connectivity index (χ3v) is 7.19. The highest BCUT2D eigenvalue weighted by Crippen LogP contribution is 2.50. The summed E-state index contributed by atoms with van der Waals surface area (Å²) in [6.45, 7) is 6.29. The van der Waals surface area contributed by atoms with E-state index in [2.05, 4.69) is 13.8 Å². The van der Waals surface area contributed by atoms with E-state index in [1.807, 2.05) is 0 Å². The predicted octanol–water partition coefficient (Wildman–Crippen LogP) is 6.16. The van der Waals surface area contributed by atoms with Gasteiger partial charge in [-0.2, -0.15) is 0 Å². The number of esters is 1. The largest absolute Gasteiger partial charge is 0.466 e. The minimum absolute atomic E-state index is 0.0477. The van der Waals surface area contributed by atoms with E-state index < -0.39 is 0 Å². The second kappa shape index (κ2) is 15.2. The SMILES string of the molecule is CCCCC[C@@H](O)CC[C@H]1CCC2(OCCO2)[C@@H]1CCCCCCC(=O)OCCCC. The summed E-state index contributed by atoms with van der Waals surface area (Å²) in [7, 11) is 0. The van der Waals surface area contributed by atoms with Gasteiger partial charge in [0.2, 0.25) is 0 Å². The summed E-state index contributed by atoms with van der Waals surface area (Å²) >= 11 is 0. The van der Waals surface area contributed by atoms with E-state index in [0.29, 0.717) is 38.1 Å². The average Bonchev–Trinajstić information content (AvgIpc) is 3.37. The molecule has 182 valence electrons. The summed E-state index contributed by atoms with van der Waals surface area (Å²) in [6, 6.07) is 0. The standard InChI is InChI=1S/C26H48O5/c1-3-5-9-12-23(27)16-15-22-17-18-26(30-20-21-31-26)24(22)13-10-7-8-11-14-25(28)29-19-6-4-2/h22-24,27H,3-21H2,1-2H3/t22-,23+,24+/m0/s1. The first-order chi connectivity index (χ1) is 15.1. The molecular formula is C26H48O5. The number of carbonyl (C=O) groups is 1. The molecule has 1 spiro atoms. The summed E-state index contributed by atoms with van der Waals surface area (Å²) in [5, 5.41) is 10.4. The molecule has 0 aromatic carbocycles. The molecular weight excluding hydrogens is 392 g/mol. The van der Waals surface area contributed by atoms with Crippen molar-refractivity contribution in [1.82, 2.24) is 0 Å². The van der Waals surface area contributed by atoms with Crippen LogP contribution in [0.2, 0.25) is 0 Å². The fraction of sp³-hybridized carbons (Fsp3) is 0.962. The fourth-order valence-electron chi connectivity index (χ4n) is 5.33. The van der Waals surface area contributed by atoms with Crippen LogP contribution in [0.1, 0.15) is 117 Å². The van der Waals surface area contributed by atoms with E-state index in [9.17, 15) is 9.90 Å². The number of aliphatic hydroxyl groups is 1. The summed E-state index contributed by atoms with van der Waals surface area (Å²) in [4.78, 5) is 11.7. The third-order valence-electron chi connectivity index (χ3n) is 7.19. The van der Waals surface area contributed by atoms with Crippen LogP contribution in [0.5, 0.6) is 0 Å². The number of carbonyl (C=O) groups excluding carboxylic acids is 1. The van der Waals surface area contributed by atoms with Gasteiger partial charge in [0.15, 0.2) is 5.79 Å². The summed E-state index contributed by atoms with van der Waals surface area (Å²) in [5.74, 6) is 0.624. The minimum atomic E-state index is -0.360. The van der Waals surface area contributed by atoms with Crippen molar-refractivity contribution in [2.24, 2.45) is 11.8 Å². The van der Waals surface area contributed by atoms with Gasteiger partial charge in [-0.15, -0.1) is 0 Å². The van der Waals surface area contributed by atoms with Crippen molar-refractivity contribution in [3.05, 3.63) is 0 Å². The summed E-state index contributed by atoms with van der Waals surface area (Å²) in [6.07, 6.45) is 16.4. The smallest absolute Gasteiger partial charge is 0.305 e. The minimum Gasteiger partial charge on any atom is -0.466 e. The van der Waals surface area contributed by atoms with Crippen LogP contribution in [0, 0.1) is 11.8 Å². The number of hydrogen-bond donors (Lipinski definition) is 1. The van der Waals surface area contributed by atoms with Crippen molar-refractivity contribution in [2.45, 2.75) is 128 Å². The van der Waals surface area contributed by atoms with E-state index in [1.165, 1.54) is 12.8 Å². The van der Waals surface area contributed by atoms with Crippen LogP contribution in [0.25, 0.3) is 0 Å². The molecule has 1 N–H and O–H groups in total.